The van der Waals surface area contributed by atoms with Gasteiger partial charge in [0.05, 0.1) is 43.0 Å². The summed E-state index contributed by atoms with van der Waals surface area (Å²) in [5.74, 6) is -0.0275. The second kappa shape index (κ2) is 11.3. The molecule has 2 aromatic carbocycles. The van der Waals surface area contributed by atoms with Crippen LogP contribution in [0.5, 0.6) is 11.5 Å². The Balaban J connectivity index is 1.97. The van der Waals surface area contributed by atoms with E-state index in [2.05, 4.69) is 4.72 Å². The molecule has 2 N–H and O–H groups in total. The van der Waals surface area contributed by atoms with E-state index in [1.165, 1.54) is 53.7 Å². The zero-order chi connectivity index (χ0) is 27.5. The van der Waals surface area contributed by atoms with Gasteiger partial charge in [-0.2, -0.15) is 4.31 Å². The zero-order valence-corrected chi connectivity index (χ0v) is 23.0. The van der Waals surface area contributed by atoms with Gasteiger partial charge in [0.1, 0.15) is 17.6 Å². The molecule has 11 nitrogen and oxygen atoms in total. The summed E-state index contributed by atoms with van der Waals surface area (Å²) in [7, 11) is -4.50. The van der Waals surface area contributed by atoms with Crippen molar-refractivity contribution in [1.82, 2.24) is 9.21 Å². The van der Waals surface area contributed by atoms with Gasteiger partial charge in [0, 0.05) is 25.2 Å². The number of methoxy groups -OCH3 is 1. The van der Waals surface area contributed by atoms with Crippen molar-refractivity contribution < 1.29 is 36.2 Å². The zero-order valence-electron chi connectivity index (χ0n) is 21.4. The molecule has 1 amide bonds. The fourth-order valence-corrected chi connectivity index (χ4v) is 5.74. The number of nitrogens with one attached hydrogen (secondary N) is 1. The molecule has 0 fully saturated rings. The van der Waals surface area contributed by atoms with Gasteiger partial charge in [-0.15, -0.1) is 0 Å². The lowest BCUT2D eigenvalue weighted by Crippen LogP contribution is -2.50. The molecule has 3 rings (SSSR count). The third kappa shape index (κ3) is 6.72. The minimum Gasteiger partial charge on any atom is -0.497 e. The maximum atomic E-state index is 13.4. The summed E-state index contributed by atoms with van der Waals surface area (Å²) in [6.45, 7) is 3.42. The van der Waals surface area contributed by atoms with Crippen LogP contribution in [0, 0.1) is 5.92 Å². The predicted octanol–water partition coefficient (Wildman–Crippen LogP) is 1.61. The van der Waals surface area contributed by atoms with Gasteiger partial charge in [-0.1, -0.05) is 6.92 Å². The Morgan fingerprint density at radius 2 is 1.84 bits per heavy atom. The number of benzene rings is 2. The number of carbonyl (C=O) groups excluding carboxylic acids is 1. The Kier molecular flexibility index (Phi) is 8.73. The van der Waals surface area contributed by atoms with Crippen molar-refractivity contribution in [3.05, 3.63) is 48.0 Å². The largest absolute Gasteiger partial charge is 0.497 e. The third-order valence-electron chi connectivity index (χ3n) is 6.17. The molecule has 0 aliphatic carbocycles. The van der Waals surface area contributed by atoms with Gasteiger partial charge in [0.25, 0.3) is 5.91 Å². The summed E-state index contributed by atoms with van der Waals surface area (Å²) < 4.78 is 64.7. The van der Waals surface area contributed by atoms with Crippen LogP contribution in [0.1, 0.15) is 24.2 Å². The molecule has 0 saturated carbocycles. The van der Waals surface area contributed by atoms with Crippen molar-refractivity contribution in [3.63, 3.8) is 0 Å². The molecule has 3 atom stereocenters. The topological polar surface area (TPSA) is 143 Å². The molecule has 37 heavy (non-hydrogen) atoms. The normalized spacial score (nSPS) is 19.4. The number of fused-ring (bicyclic) bond motifs is 1. The maximum Gasteiger partial charge on any atom is 0.258 e. The van der Waals surface area contributed by atoms with Crippen LogP contribution >= 0.6 is 0 Å². The first-order valence-electron chi connectivity index (χ1n) is 11.6. The van der Waals surface area contributed by atoms with Crippen molar-refractivity contribution in [2.24, 2.45) is 5.92 Å². The van der Waals surface area contributed by atoms with E-state index in [-0.39, 0.29) is 47.5 Å². The molecule has 0 spiro atoms. The first-order chi connectivity index (χ1) is 17.3. The average molecular weight is 556 g/mol. The average Bonchev–Trinajstić information content (AvgIpc) is 2.85. The number of hydrogen-bond donors (Lipinski definition) is 2. The monoisotopic (exact) mass is 555 g/mol. The van der Waals surface area contributed by atoms with E-state index in [0.717, 1.165) is 6.26 Å². The molecule has 0 bridgehead atoms. The van der Waals surface area contributed by atoms with Crippen molar-refractivity contribution in [3.8, 4) is 11.5 Å². The Hall–Kier alpha value is -2.87. The van der Waals surface area contributed by atoms with E-state index in [0.29, 0.717) is 5.75 Å². The number of rotatable bonds is 9. The number of anilines is 1. The van der Waals surface area contributed by atoms with E-state index in [9.17, 15) is 26.7 Å². The molecule has 1 aliphatic rings. The van der Waals surface area contributed by atoms with Gasteiger partial charge in [-0.25, -0.2) is 16.8 Å². The van der Waals surface area contributed by atoms with E-state index in [4.69, 9.17) is 9.47 Å². The van der Waals surface area contributed by atoms with Crippen LogP contribution in [0.4, 0.5) is 5.69 Å². The van der Waals surface area contributed by atoms with Crippen LogP contribution in [0.15, 0.2) is 47.4 Å². The summed E-state index contributed by atoms with van der Waals surface area (Å²) in [6.07, 6.45) is 0.339. The molecule has 13 heteroatoms. The molecule has 0 radical (unpaired) electrons. The number of sulfonamides is 2. The van der Waals surface area contributed by atoms with E-state index >= 15 is 0 Å². The minimum absolute atomic E-state index is 0.0200. The number of aliphatic hydroxyl groups excluding tert-OH is 1. The second-order valence-corrected chi connectivity index (χ2v) is 13.0. The van der Waals surface area contributed by atoms with Crippen LogP contribution in [-0.2, 0) is 20.0 Å². The van der Waals surface area contributed by atoms with Crippen molar-refractivity contribution in [2.75, 3.05) is 44.8 Å². The van der Waals surface area contributed by atoms with Gasteiger partial charge < -0.3 is 19.5 Å². The van der Waals surface area contributed by atoms with Crippen LogP contribution < -0.4 is 14.2 Å². The Morgan fingerprint density at radius 3 is 2.41 bits per heavy atom. The van der Waals surface area contributed by atoms with Crippen LogP contribution in [0.2, 0.25) is 0 Å². The van der Waals surface area contributed by atoms with E-state index < -0.39 is 38.1 Å². The SMILES string of the molecule is COc1ccc(S(=O)(=O)N(C)C[C@H]2Oc3ccc(NS(C)(=O)=O)cc3C(=O)N([C@@H](C)CO)C[C@H]2C)cc1. The molecule has 0 aromatic heterocycles. The first kappa shape index (κ1) is 28.7. The molecular formula is C24H33N3O8S2. The summed E-state index contributed by atoms with van der Waals surface area (Å²) in [5.41, 5.74) is 0.283. The number of aliphatic hydroxyl groups is 1. The smallest absolute Gasteiger partial charge is 0.258 e. The molecule has 1 aliphatic heterocycles. The highest BCUT2D eigenvalue weighted by Crippen LogP contribution is 2.31. The highest BCUT2D eigenvalue weighted by atomic mass is 32.2. The number of amides is 1. The highest BCUT2D eigenvalue weighted by Gasteiger charge is 2.35. The van der Waals surface area contributed by atoms with Gasteiger partial charge >= 0.3 is 0 Å². The summed E-state index contributed by atoms with van der Waals surface area (Å²) >= 11 is 0. The highest BCUT2D eigenvalue weighted by molar-refractivity contribution is 7.92. The lowest BCUT2D eigenvalue weighted by atomic mass is 9.99. The van der Waals surface area contributed by atoms with Crippen LogP contribution in [0.3, 0.4) is 0 Å². The fourth-order valence-electron chi connectivity index (χ4n) is 4.00. The number of ether oxygens (including phenoxy) is 2. The minimum atomic E-state index is -3.86. The Morgan fingerprint density at radius 1 is 1.19 bits per heavy atom. The summed E-state index contributed by atoms with van der Waals surface area (Å²) in [6, 6.07) is 9.83. The number of likely N-dealkylation sites (N-methyl/N-ethyl adjacent to an activating group) is 1. The summed E-state index contributed by atoms with van der Waals surface area (Å²) in [4.78, 5) is 15.0. The van der Waals surface area contributed by atoms with Gasteiger partial charge in [0.2, 0.25) is 20.0 Å². The van der Waals surface area contributed by atoms with Gasteiger partial charge in [-0.05, 0) is 49.4 Å². The first-order valence-corrected chi connectivity index (χ1v) is 14.9. The second-order valence-electron chi connectivity index (χ2n) is 9.17. The maximum absolute atomic E-state index is 13.4. The van der Waals surface area contributed by atoms with Crippen LogP contribution in [-0.4, -0.2) is 89.3 Å². The number of nitrogens with zero attached hydrogens (tertiary/aromatic N) is 2. The molecule has 1 heterocycles. The number of hydrogen-bond acceptors (Lipinski definition) is 8. The standard InChI is InChI=1S/C24H33N3O8S2/c1-16-13-27(17(2)15-28)24(29)21-12-18(25-36(5,30)31)6-11-22(21)35-23(16)14-26(3)37(32,33)20-9-7-19(34-4)8-10-20/h6-12,16-17,23,25,28H,13-15H2,1-5H3/t16-,17+,23-/m1/s1. The van der Waals surface area contributed by atoms with Crippen molar-refractivity contribution >= 4 is 31.6 Å². The molecule has 2 aromatic rings. The summed E-state index contributed by atoms with van der Waals surface area (Å²) in [5, 5.41) is 9.78. The molecule has 0 saturated heterocycles. The van der Waals surface area contributed by atoms with Gasteiger partial charge in [0.15, 0.2) is 0 Å². The van der Waals surface area contributed by atoms with Crippen molar-refractivity contribution in [2.45, 2.75) is 30.9 Å². The third-order valence-corrected chi connectivity index (χ3v) is 8.62. The van der Waals surface area contributed by atoms with Gasteiger partial charge in [-0.3, -0.25) is 9.52 Å². The van der Waals surface area contributed by atoms with Crippen molar-refractivity contribution in [1.29, 1.82) is 0 Å². The number of carbonyl (C=O) groups is 1. The fraction of sp³-hybridized carbons (Fsp3) is 0.458. The molecule has 0 unspecified atom stereocenters. The Bertz CT molecular complexity index is 1330. The van der Waals surface area contributed by atoms with Crippen LogP contribution in [0.25, 0.3) is 0 Å². The predicted molar refractivity (Wildman–Crippen MR) is 139 cm³/mol. The quantitative estimate of drug-likeness (QED) is 0.475. The molecule has 204 valence electrons. The van der Waals surface area contributed by atoms with E-state index in [1.807, 2.05) is 6.92 Å². The Labute approximate surface area is 218 Å². The lowest BCUT2D eigenvalue weighted by Gasteiger charge is -2.38. The lowest BCUT2D eigenvalue weighted by molar-refractivity contribution is 0.0387. The molecular weight excluding hydrogens is 522 g/mol. The van der Waals surface area contributed by atoms with E-state index in [1.54, 1.807) is 19.1 Å².